The quantitative estimate of drug-likeness (QED) is 0.226. The molecule has 0 saturated carbocycles. The SMILES string of the molecule is COCCCN=C(NCCc1ccco1)Nc1ccc(OC(C)C)cc1.I. The molecular weight excluding hydrogens is 457 g/mol. The van der Waals surface area contributed by atoms with Gasteiger partial charge >= 0.3 is 0 Å². The number of benzene rings is 1. The third-order valence-electron chi connectivity index (χ3n) is 3.51. The number of guanidine groups is 1. The fraction of sp³-hybridized carbons (Fsp3) is 0.450. The maximum atomic E-state index is 5.67. The summed E-state index contributed by atoms with van der Waals surface area (Å²) in [5, 5.41) is 6.67. The normalized spacial score (nSPS) is 11.2. The van der Waals surface area contributed by atoms with Gasteiger partial charge in [-0.15, -0.1) is 24.0 Å². The second-order valence-corrected chi connectivity index (χ2v) is 6.15. The lowest BCUT2D eigenvalue weighted by Gasteiger charge is -2.14. The van der Waals surface area contributed by atoms with Gasteiger partial charge in [0.1, 0.15) is 11.5 Å². The molecule has 0 aliphatic carbocycles. The zero-order valence-corrected chi connectivity index (χ0v) is 18.6. The molecule has 0 aliphatic rings. The second-order valence-electron chi connectivity index (χ2n) is 6.15. The van der Waals surface area contributed by atoms with E-state index in [0.717, 1.165) is 42.5 Å². The lowest BCUT2D eigenvalue weighted by atomic mass is 10.3. The molecule has 2 N–H and O–H groups in total. The van der Waals surface area contributed by atoms with E-state index in [-0.39, 0.29) is 30.1 Å². The Balaban J connectivity index is 0.00000364. The summed E-state index contributed by atoms with van der Waals surface area (Å²) in [7, 11) is 1.70. The first kappa shape index (κ1) is 23.3. The van der Waals surface area contributed by atoms with Gasteiger partial charge in [-0.3, -0.25) is 4.99 Å². The number of aliphatic imine (C=N–C) groups is 1. The molecule has 27 heavy (non-hydrogen) atoms. The Hall–Kier alpha value is -1.74. The summed E-state index contributed by atoms with van der Waals surface area (Å²) in [5.74, 6) is 2.55. The molecule has 1 aromatic heterocycles. The predicted octanol–water partition coefficient (Wildman–Crippen LogP) is 4.32. The van der Waals surface area contributed by atoms with Crippen LogP contribution in [-0.2, 0) is 11.2 Å². The third-order valence-corrected chi connectivity index (χ3v) is 3.51. The van der Waals surface area contributed by atoms with Gasteiger partial charge in [-0.2, -0.15) is 0 Å². The van der Waals surface area contributed by atoms with E-state index >= 15 is 0 Å². The van der Waals surface area contributed by atoms with Crippen molar-refractivity contribution in [1.82, 2.24) is 5.32 Å². The van der Waals surface area contributed by atoms with Gasteiger partial charge in [-0.05, 0) is 56.7 Å². The summed E-state index contributed by atoms with van der Waals surface area (Å²) < 4.78 is 16.1. The Morgan fingerprint density at radius 2 is 1.96 bits per heavy atom. The van der Waals surface area contributed by atoms with E-state index in [0.29, 0.717) is 13.2 Å². The third kappa shape index (κ3) is 9.67. The number of furan rings is 1. The summed E-state index contributed by atoms with van der Waals surface area (Å²) >= 11 is 0. The molecule has 0 fully saturated rings. The van der Waals surface area contributed by atoms with Gasteiger partial charge in [0.15, 0.2) is 5.96 Å². The standard InChI is InChI=1S/C20H29N3O3.HI/c1-16(2)26-19-9-7-17(8-10-19)23-20(21-12-5-14-24-3)22-13-11-18-6-4-15-25-18;/h4,6-10,15-16H,5,11-14H2,1-3H3,(H2,21,22,23);1H. The van der Waals surface area contributed by atoms with E-state index < -0.39 is 0 Å². The predicted molar refractivity (Wildman–Crippen MR) is 120 cm³/mol. The Kier molecular flexibility index (Phi) is 11.6. The maximum Gasteiger partial charge on any atom is 0.195 e. The highest BCUT2D eigenvalue weighted by molar-refractivity contribution is 14.0. The molecule has 0 radical (unpaired) electrons. The highest BCUT2D eigenvalue weighted by Gasteiger charge is 2.03. The van der Waals surface area contributed by atoms with Crippen LogP contribution >= 0.6 is 24.0 Å². The van der Waals surface area contributed by atoms with Crippen molar-refractivity contribution in [2.24, 2.45) is 4.99 Å². The highest BCUT2D eigenvalue weighted by atomic mass is 127. The van der Waals surface area contributed by atoms with Gasteiger partial charge in [0.05, 0.1) is 12.4 Å². The number of hydrogen-bond donors (Lipinski definition) is 2. The van der Waals surface area contributed by atoms with Crippen LogP contribution < -0.4 is 15.4 Å². The van der Waals surface area contributed by atoms with Gasteiger partial charge in [0, 0.05) is 38.9 Å². The fourth-order valence-electron chi connectivity index (χ4n) is 2.32. The number of methoxy groups -OCH3 is 1. The van der Waals surface area contributed by atoms with Crippen LogP contribution in [0.25, 0.3) is 0 Å². The van der Waals surface area contributed by atoms with Crippen molar-refractivity contribution in [2.45, 2.75) is 32.8 Å². The van der Waals surface area contributed by atoms with E-state index in [2.05, 4.69) is 15.6 Å². The number of anilines is 1. The Morgan fingerprint density at radius 3 is 2.59 bits per heavy atom. The van der Waals surface area contributed by atoms with E-state index in [9.17, 15) is 0 Å². The zero-order valence-electron chi connectivity index (χ0n) is 16.2. The largest absolute Gasteiger partial charge is 0.491 e. The van der Waals surface area contributed by atoms with E-state index in [1.807, 2.05) is 50.2 Å². The molecule has 0 saturated heterocycles. The summed E-state index contributed by atoms with van der Waals surface area (Å²) in [5.41, 5.74) is 0.956. The minimum Gasteiger partial charge on any atom is -0.491 e. The summed E-state index contributed by atoms with van der Waals surface area (Å²) in [6, 6.07) is 11.7. The molecule has 0 amide bonds. The van der Waals surface area contributed by atoms with Crippen LogP contribution in [0, 0.1) is 0 Å². The van der Waals surface area contributed by atoms with Crippen LogP contribution in [0.4, 0.5) is 5.69 Å². The summed E-state index contributed by atoms with van der Waals surface area (Å²) in [4.78, 5) is 4.60. The van der Waals surface area contributed by atoms with Gasteiger partial charge < -0.3 is 24.5 Å². The lowest BCUT2D eigenvalue weighted by Crippen LogP contribution is -2.32. The van der Waals surface area contributed by atoms with Crippen molar-refractivity contribution >= 4 is 35.6 Å². The molecule has 0 aliphatic heterocycles. The first-order chi connectivity index (χ1) is 12.7. The number of hydrogen-bond acceptors (Lipinski definition) is 4. The Morgan fingerprint density at radius 1 is 1.19 bits per heavy atom. The van der Waals surface area contributed by atoms with Crippen LogP contribution in [-0.4, -0.2) is 38.9 Å². The van der Waals surface area contributed by atoms with Crippen molar-refractivity contribution in [2.75, 3.05) is 32.1 Å². The molecular formula is C20H30IN3O3. The Labute approximate surface area is 178 Å². The molecule has 2 rings (SSSR count). The first-order valence-electron chi connectivity index (χ1n) is 9.00. The number of nitrogens with one attached hydrogen (secondary N) is 2. The Bertz CT molecular complexity index is 643. The van der Waals surface area contributed by atoms with Gasteiger partial charge in [-0.25, -0.2) is 0 Å². The minimum atomic E-state index is 0. The molecule has 7 heteroatoms. The number of ether oxygens (including phenoxy) is 2. The van der Waals surface area contributed by atoms with Crippen molar-refractivity contribution in [3.63, 3.8) is 0 Å². The zero-order chi connectivity index (χ0) is 18.6. The van der Waals surface area contributed by atoms with Crippen LogP contribution in [0.3, 0.4) is 0 Å². The first-order valence-corrected chi connectivity index (χ1v) is 9.00. The monoisotopic (exact) mass is 487 g/mol. The maximum absolute atomic E-state index is 5.67. The molecule has 2 aromatic rings. The minimum absolute atomic E-state index is 0. The van der Waals surface area contributed by atoms with Crippen LogP contribution in [0.15, 0.2) is 52.1 Å². The highest BCUT2D eigenvalue weighted by Crippen LogP contribution is 2.16. The van der Waals surface area contributed by atoms with Crippen LogP contribution in [0.2, 0.25) is 0 Å². The molecule has 0 atom stereocenters. The molecule has 0 unspecified atom stereocenters. The number of rotatable bonds is 10. The van der Waals surface area contributed by atoms with Gasteiger partial charge in [0.2, 0.25) is 0 Å². The molecule has 1 heterocycles. The van der Waals surface area contributed by atoms with Crippen molar-refractivity contribution in [1.29, 1.82) is 0 Å². The second kappa shape index (κ2) is 13.4. The van der Waals surface area contributed by atoms with Crippen molar-refractivity contribution in [3.8, 4) is 5.75 Å². The molecule has 1 aromatic carbocycles. The number of halogens is 1. The van der Waals surface area contributed by atoms with Gasteiger partial charge in [0.25, 0.3) is 0 Å². The van der Waals surface area contributed by atoms with Gasteiger partial charge in [-0.1, -0.05) is 0 Å². The van der Waals surface area contributed by atoms with Crippen molar-refractivity contribution in [3.05, 3.63) is 48.4 Å². The van der Waals surface area contributed by atoms with Crippen LogP contribution in [0.5, 0.6) is 5.75 Å². The molecule has 0 spiro atoms. The molecule has 150 valence electrons. The van der Waals surface area contributed by atoms with Crippen molar-refractivity contribution < 1.29 is 13.9 Å². The average Bonchev–Trinajstić information content (AvgIpc) is 3.13. The summed E-state index contributed by atoms with van der Waals surface area (Å²) in [6.45, 7) is 6.15. The smallest absolute Gasteiger partial charge is 0.195 e. The topological polar surface area (TPSA) is 68.0 Å². The summed E-state index contributed by atoms with van der Waals surface area (Å²) in [6.07, 6.45) is 3.53. The van der Waals surface area contributed by atoms with Crippen LogP contribution in [0.1, 0.15) is 26.0 Å². The molecule has 6 nitrogen and oxygen atoms in total. The lowest BCUT2D eigenvalue weighted by molar-refractivity contribution is 0.197. The average molecular weight is 487 g/mol. The van der Waals surface area contributed by atoms with E-state index in [1.54, 1.807) is 13.4 Å². The molecule has 0 bridgehead atoms. The number of nitrogens with zero attached hydrogens (tertiary/aromatic N) is 1. The van der Waals surface area contributed by atoms with E-state index in [4.69, 9.17) is 13.9 Å². The van der Waals surface area contributed by atoms with E-state index in [1.165, 1.54) is 0 Å². The fourth-order valence-corrected chi connectivity index (χ4v) is 2.32.